The summed E-state index contributed by atoms with van der Waals surface area (Å²) in [6.07, 6.45) is 0.835. The van der Waals surface area contributed by atoms with Crippen LogP contribution in [-0.4, -0.2) is 26.1 Å². The molecule has 1 N–H and O–H groups in total. The Bertz CT molecular complexity index is 877. The second-order valence-electron chi connectivity index (χ2n) is 6.81. The second-order valence-corrected chi connectivity index (χ2v) is 6.81. The third-order valence-corrected chi connectivity index (χ3v) is 4.08. The van der Waals surface area contributed by atoms with Crippen LogP contribution >= 0.6 is 0 Å². The number of rotatable bonds is 7. The minimum atomic E-state index is -0.331. The van der Waals surface area contributed by atoms with Crippen LogP contribution in [0.4, 0.5) is 4.39 Å². The lowest BCUT2D eigenvalue weighted by atomic mass is 9.97. The standard InChI is InChI=1S/C20H22FN5O/c1-14(2)12-18(15-6-4-3-5-7-15)22-19(27)13-26-24-20(23-25-26)16-8-10-17(21)11-9-16/h3-11,14,18H,12-13H2,1-2H3,(H,22,27)/t18-/m1/s1. The van der Waals surface area contributed by atoms with E-state index in [0.717, 1.165) is 12.0 Å². The van der Waals surface area contributed by atoms with Crippen LogP contribution < -0.4 is 5.32 Å². The molecule has 0 saturated heterocycles. The number of tetrazole rings is 1. The number of nitrogens with zero attached hydrogens (tertiary/aromatic N) is 4. The first kappa shape index (κ1) is 18.7. The van der Waals surface area contributed by atoms with Gasteiger partial charge in [-0.25, -0.2) is 4.39 Å². The van der Waals surface area contributed by atoms with Gasteiger partial charge in [0.25, 0.3) is 0 Å². The molecule has 3 rings (SSSR count). The highest BCUT2D eigenvalue weighted by atomic mass is 19.1. The smallest absolute Gasteiger partial charge is 0.244 e. The molecule has 0 radical (unpaired) electrons. The molecule has 7 heteroatoms. The molecule has 1 atom stereocenters. The van der Waals surface area contributed by atoms with E-state index in [-0.39, 0.29) is 24.3 Å². The molecule has 0 saturated carbocycles. The number of hydrogen-bond acceptors (Lipinski definition) is 4. The Morgan fingerprint density at radius 2 is 1.81 bits per heavy atom. The van der Waals surface area contributed by atoms with E-state index in [1.54, 1.807) is 12.1 Å². The Balaban J connectivity index is 1.66. The van der Waals surface area contributed by atoms with Crippen molar-refractivity contribution in [3.8, 4) is 11.4 Å². The zero-order valence-electron chi connectivity index (χ0n) is 15.3. The van der Waals surface area contributed by atoms with Gasteiger partial charge in [-0.2, -0.15) is 4.80 Å². The number of halogens is 1. The van der Waals surface area contributed by atoms with Gasteiger partial charge < -0.3 is 5.32 Å². The molecular weight excluding hydrogens is 345 g/mol. The van der Waals surface area contributed by atoms with E-state index in [4.69, 9.17) is 0 Å². The Hall–Kier alpha value is -3.09. The van der Waals surface area contributed by atoms with Crippen LogP contribution in [0.3, 0.4) is 0 Å². The van der Waals surface area contributed by atoms with Crippen molar-refractivity contribution in [2.75, 3.05) is 0 Å². The molecule has 0 aliphatic heterocycles. The largest absolute Gasteiger partial charge is 0.348 e. The average molecular weight is 367 g/mol. The lowest BCUT2D eigenvalue weighted by molar-refractivity contribution is -0.123. The van der Waals surface area contributed by atoms with Gasteiger partial charge in [-0.15, -0.1) is 10.2 Å². The van der Waals surface area contributed by atoms with Gasteiger partial charge in [0.1, 0.15) is 12.4 Å². The van der Waals surface area contributed by atoms with Gasteiger partial charge in [-0.1, -0.05) is 44.2 Å². The van der Waals surface area contributed by atoms with E-state index in [2.05, 4.69) is 34.6 Å². The maximum atomic E-state index is 13.0. The Morgan fingerprint density at radius 1 is 1.11 bits per heavy atom. The predicted octanol–water partition coefficient (Wildman–Crippen LogP) is 3.38. The number of aromatic nitrogens is 4. The fourth-order valence-corrected chi connectivity index (χ4v) is 2.83. The molecule has 0 unspecified atom stereocenters. The van der Waals surface area contributed by atoms with Gasteiger partial charge >= 0.3 is 0 Å². The van der Waals surface area contributed by atoms with Gasteiger partial charge in [0.2, 0.25) is 11.7 Å². The minimum absolute atomic E-state index is 0.0321. The van der Waals surface area contributed by atoms with E-state index >= 15 is 0 Å². The van der Waals surface area contributed by atoms with Crippen molar-refractivity contribution >= 4 is 5.91 Å². The second kappa shape index (κ2) is 8.53. The summed E-state index contributed by atoms with van der Waals surface area (Å²) in [4.78, 5) is 13.7. The van der Waals surface area contributed by atoms with Crippen LogP contribution in [0.1, 0.15) is 31.9 Å². The fraction of sp³-hybridized carbons (Fsp3) is 0.300. The molecule has 1 amide bonds. The van der Waals surface area contributed by atoms with Crippen LogP contribution in [0.25, 0.3) is 11.4 Å². The zero-order chi connectivity index (χ0) is 19.2. The summed E-state index contributed by atoms with van der Waals surface area (Å²) in [5, 5.41) is 15.1. The van der Waals surface area contributed by atoms with Crippen LogP contribution in [0, 0.1) is 11.7 Å². The molecule has 0 aliphatic carbocycles. The first-order valence-corrected chi connectivity index (χ1v) is 8.89. The highest BCUT2D eigenvalue weighted by Gasteiger charge is 2.17. The van der Waals surface area contributed by atoms with Crippen molar-refractivity contribution in [2.45, 2.75) is 32.9 Å². The highest BCUT2D eigenvalue weighted by molar-refractivity contribution is 5.76. The van der Waals surface area contributed by atoms with Gasteiger partial charge in [-0.3, -0.25) is 4.79 Å². The van der Waals surface area contributed by atoms with E-state index < -0.39 is 0 Å². The maximum absolute atomic E-state index is 13.0. The molecular formula is C20H22FN5O. The molecule has 1 heterocycles. The van der Waals surface area contributed by atoms with Crippen LogP contribution in [0.5, 0.6) is 0 Å². The molecule has 0 bridgehead atoms. The number of benzene rings is 2. The average Bonchev–Trinajstić information content (AvgIpc) is 3.10. The number of amides is 1. The molecule has 0 fully saturated rings. The molecule has 6 nitrogen and oxygen atoms in total. The lowest BCUT2D eigenvalue weighted by Gasteiger charge is -2.21. The lowest BCUT2D eigenvalue weighted by Crippen LogP contribution is -2.33. The normalized spacial score (nSPS) is 12.1. The van der Waals surface area contributed by atoms with Crippen molar-refractivity contribution < 1.29 is 9.18 Å². The summed E-state index contributed by atoms with van der Waals surface area (Å²) in [7, 11) is 0. The summed E-state index contributed by atoms with van der Waals surface area (Å²) in [5.41, 5.74) is 1.71. The molecule has 1 aromatic heterocycles. The zero-order valence-corrected chi connectivity index (χ0v) is 15.3. The Kier molecular flexibility index (Phi) is 5.90. The summed E-state index contributed by atoms with van der Waals surface area (Å²) in [5.74, 6) is 0.268. The topological polar surface area (TPSA) is 72.7 Å². The number of hydrogen-bond donors (Lipinski definition) is 1. The summed E-state index contributed by atoms with van der Waals surface area (Å²) in [6, 6.07) is 15.6. The molecule has 27 heavy (non-hydrogen) atoms. The van der Waals surface area contributed by atoms with Gasteiger partial charge in [-0.05, 0) is 47.4 Å². The molecule has 3 aromatic rings. The number of nitrogens with one attached hydrogen (secondary N) is 1. The van der Waals surface area contributed by atoms with Gasteiger partial charge in [0.15, 0.2) is 0 Å². The summed E-state index contributed by atoms with van der Waals surface area (Å²) < 4.78 is 13.0. The van der Waals surface area contributed by atoms with Crippen LogP contribution in [0.2, 0.25) is 0 Å². The van der Waals surface area contributed by atoms with Crippen LogP contribution in [0.15, 0.2) is 54.6 Å². The summed E-state index contributed by atoms with van der Waals surface area (Å²) in [6.45, 7) is 4.21. The van der Waals surface area contributed by atoms with Crippen molar-refractivity contribution in [2.24, 2.45) is 5.92 Å². The molecule has 0 aliphatic rings. The minimum Gasteiger partial charge on any atom is -0.348 e. The van der Waals surface area contributed by atoms with E-state index in [9.17, 15) is 9.18 Å². The summed E-state index contributed by atoms with van der Waals surface area (Å²) >= 11 is 0. The highest BCUT2D eigenvalue weighted by Crippen LogP contribution is 2.21. The van der Waals surface area contributed by atoms with E-state index in [1.165, 1.54) is 16.9 Å². The number of carbonyl (C=O) groups excluding carboxylic acids is 1. The Labute approximate surface area is 157 Å². The fourth-order valence-electron chi connectivity index (χ4n) is 2.83. The van der Waals surface area contributed by atoms with Crippen molar-refractivity contribution in [3.63, 3.8) is 0 Å². The quantitative estimate of drug-likeness (QED) is 0.695. The predicted molar refractivity (Wildman–Crippen MR) is 100.0 cm³/mol. The molecule has 0 spiro atoms. The van der Waals surface area contributed by atoms with Crippen molar-refractivity contribution in [1.29, 1.82) is 0 Å². The molecule has 2 aromatic carbocycles. The SMILES string of the molecule is CC(C)C[C@@H](NC(=O)Cn1nnc(-c2ccc(F)cc2)n1)c1ccccc1. The van der Waals surface area contributed by atoms with E-state index in [0.29, 0.717) is 17.3 Å². The van der Waals surface area contributed by atoms with E-state index in [1.807, 2.05) is 30.3 Å². The number of carbonyl (C=O) groups is 1. The Morgan fingerprint density at radius 3 is 2.48 bits per heavy atom. The molecule has 140 valence electrons. The van der Waals surface area contributed by atoms with Gasteiger partial charge in [0, 0.05) is 5.56 Å². The van der Waals surface area contributed by atoms with Gasteiger partial charge in [0.05, 0.1) is 6.04 Å². The van der Waals surface area contributed by atoms with Crippen molar-refractivity contribution in [1.82, 2.24) is 25.5 Å². The third-order valence-electron chi connectivity index (χ3n) is 4.08. The first-order chi connectivity index (χ1) is 13.0. The van der Waals surface area contributed by atoms with Crippen LogP contribution in [-0.2, 0) is 11.3 Å². The monoisotopic (exact) mass is 367 g/mol. The maximum Gasteiger partial charge on any atom is 0.244 e. The third kappa shape index (κ3) is 5.20. The first-order valence-electron chi connectivity index (χ1n) is 8.89. The van der Waals surface area contributed by atoms with Crippen molar-refractivity contribution in [3.05, 3.63) is 66.0 Å².